The zero-order chi connectivity index (χ0) is 24.8. The Morgan fingerprint density at radius 3 is 2.43 bits per heavy atom. The van der Waals surface area contributed by atoms with Gasteiger partial charge in [0.05, 0.1) is 16.9 Å². The molecular formula is C26H25N3O5S. The molecule has 1 fully saturated rings. The van der Waals surface area contributed by atoms with Crippen LogP contribution in [0.1, 0.15) is 23.6 Å². The summed E-state index contributed by atoms with van der Waals surface area (Å²) in [6, 6.07) is 19.8. The van der Waals surface area contributed by atoms with E-state index >= 15 is 0 Å². The van der Waals surface area contributed by atoms with Gasteiger partial charge in [-0.25, -0.2) is 0 Å². The number of carbonyl (C=O) groups excluding carboxylic acids is 1. The lowest BCUT2D eigenvalue weighted by Gasteiger charge is -2.13. The summed E-state index contributed by atoms with van der Waals surface area (Å²) in [5.74, 6) is 0.914. The van der Waals surface area contributed by atoms with Gasteiger partial charge >= 0.3 is 0 Å². The molecule has 3 aromatic rings. The Bertz CT molecular complexity index is 1240. The van der Waals surface area contributed by atoms with Crippen molar-refractivity contribution < 1.29 is 19.2 Å². The van der Waals surface area contributed by atoms with Crippen LogP contribution in [0, 0.1) is 10.1 Å². The monoisotopic (exact) mass is 491 g/mol. The quantitative estimate of drug-likeness (QED) is 0.236. The lowest BCUT2D eigenvalue weighted by atomic mass is 10.1. The molecule has 1 heterocycles. The van der Waals surface area contributed by atoms with E-state index in [1.807, 2.05) is 24.3 Å². The summed E-state index contributed by atoms with van der Waals surface area (Å²) in [5.41, 5.74) is 3.57. The maximum atomic E-state index is 12.5. The van der Waals surface area contributed by atoms with E-state index in [4.69, 9.17) is 9.47 Å². The van der Waals surface area contributed by atoms with Crippen molar-refractivity contribution in [2.24, 2.45) is 0 Å². The van der Waals surface area contributed by atoms with Crippen LogP contribution in [0.5, 0.6) is 11.5 Å². The number of thioether (sulfide) groups is 1. The van der Waals surface area contributed by atoms with Crippen molar-refractivity contribution in [3.8, 4) is 11.5 Å². The number of benzene rings is 3. The topological polar surface area (TPSA) is 103 Å². The molecule has 1 aliphatic rings. The van der Waals surface area contributed by atoms with E-state index in [0.717, 1.165) is 23.2 Å². The minimum Gasteiger partial charge on any atom is -0.493 e. The van der Waals surface area contributed by atoms with Gasteiger partial charge in [0, 0.05) is 17.8 Å². The summed E-state index contributed by atoms with van der Waals surface area (Å²) in [6.07, 6.45) is 2.79. The van der Waals surface area contributed by atoms with E-state index in [9.17, 15) is 14.9 Å². The zero-order valence-electron chi connectivity index (χ0n) is 19.3. The number of nitrogens with zero attached hydrogens (tertiary/aromatic N) is 1. The van der Waals surface area contributed by atoms with Gasteiger partial charge in [0.2, 0.25) is 0 Å². The number of amides is 1. The fourth-order valence-corrected chi connectivity index (χ4v) is 4.46. The first-order chi connectivity index (χ1) is 16.9. The number of nitro benzene ring substituents is 1. The van der Waals surface area contributed by atoms with Crippen molar-refractivity contribution in [3.05, 3.63) is 98.4 Å². The van der Waals surface area contributed by atoms with Crippen molar-refractivity contribution >= 4 is 35.1 Å². The molecule has 0 unspecified atom stereocenters. The van der Waals surface area contributed by atoms with Gasteiger partial charge in [-0.1, -0.05) is 36.9 Å². The van der Waals surface area contributed by atoms with Gasteiger partial charge in [-0.2, -0.15) is 0 Å². The highest BCUT2D eigenvalue weighted by atomic mass is 32.2. The van der Waals surface area contributed by atoms with E-state index < -0.39 is 4.92 Å². The molecule has 1 amide bonds. The molecule has 0 aliphatic carbocycles. The molecule has 1 saturated heterocycles. The Balaban J connectivity index is 1.40. The highest BCUT2D eigenvalue weighted by Crippen LogP contribution is 2.33. The van der Waals surface area contributed by atoms with Crippen LogP contribution in [-0.4, -0.2) is 23.4 Å². The molecule has 1 atom stereocenters. The van der Waals surface area contributed by atoms with Crippen molar-refractivity contribution in [1.29, 1.82) is 0 Å². The molecule has 1 aliphatic heterocycles. The molecule has 0 saturated carbocycles. The third-order valence-corrected chi connectivity index (χ3v) is 6.45. The summed E-state index contributed by atoms with van der Waals surface area (Å²) < 4.78 is 11.3. The molecule has 9 heteroatoms. The summed E-state index contributed by atoms with van der Waals surface area (Å²) in [4.78, 5) is 23.4. The van der Waals surface area contributed by atoms with Gasteiger partial charge in [-0.05, 0) is 65.6 Å². The van der Waals surface area contributed by atoms with Gasteiger partial charge in [-0.15, -0.1) is 0 Å². The molecule has 35 heavy (non-hydrogen) atoms. The number of aryl methyl sites for hydroxylation is 1. The Morgan fingerprint density at radius 2 is 1.77 bits per heavy atom. The number of hydrogen-bond acceptors (Lipinski definition) is 7. The SMILES string of the molecule is CCc1ccc(N[C@H]2NC(=O)/C(=C/c3ccc(OCc4ccc([N+](=O)[O-])cc4)c(OC)c3)S2)cc1. The number of non-ortho nitro benzene ring substituents is 1. The number of ether oxygens (including phenoxy) is 2. The second kappa shape index (κ2) is 11.0. The van der Waals surface area contributed by atoms with Gasteiger partial charge in [0.1, 0.15) is 6.61 Å². The summed E-state index contributed by atoms with van der Waals surface area (Å²) in [5, 5.41) is 17.1. The molecule has 0 bridgehead atoms. The van der Waals surface area contributed by atoms with E-state index in [2.05, 4.69) is 29.7 Å². The van der Waals surface area contributed by atoms with Gasteiger partial charge in [0.15, 0.2) is 17.0 Å². The number of nitrogens with one attached hydrogen (secondary N) is 2. The molecule has 180 valence electrons. The molecule has 0 spiro atoms. The van der Waals surface area contributed by atoms with Crippen LogP contribution in [0.3, 0.4) is 0 Å². The van der Waals surface area contributed by atoms with Crippen molar-refractivity contribution in [1.82, 2.24) is 5.32 Å². The van der Waals surface area contributed by atoms with Gasteiger partial charge in [0.25, 0.3) is 11.6 Å². The van der Waals surface area contributed by atoms with Crippen LogP contribution >= 0.6 is 11.8 Å². The highest BCUT2D eigenvalue weighted by Gasteiger charge is 2.27. The molecule has 8 nitrogen and oxygen atoms in total. The third-order valence-electron chi connectivity index (χ3n) is 5.42. The predicted octanol–water partition coefficient (Wildman–Crippen LogP) is 5.34. The fourth-order valence-electron chi connectivity index (χ4n) is 3.47. The minimum atomic E-state index is -0.439. The molecule has 3 aromatic carbocycles. The molecule has 4 rings (SSSR count). The zero-order valence-corrected chi connectivity index (χ0v) is 20.1. The maximum absolute atomic E-state index is 12.5. The summed E-state index contributed by atoms with van der Waals surface area (Å²) in [7, 11) is 1.55. The predicted molar refractivity (Wildman–Crippen MR) is 137 cm³/mol. The average Bonchev–Trinajstić information content (AvgIpc) is 3.21. The molecule has 2 N–H and O–H groups in total. The number of carbonyl (C=O) groups is 1. The van der Waals surface area contributed by atoms with Gasteiger partial charge in [-0.3, -0.25) is 14.9 Å². The van der Waals surface area contributed by atoms with Crippen LogP contribution in [0.15, 0.2) is 71.6 Å². The molecular weight excluding hydrogens is 466 g/mol. The lowest BCUT2D eigenvalue weighted by Crippen LogP contribution is -2.30. The smallest absolute Gasteiger partial charge is 0.269 e. The van der Waals surface area contributed by atoms with Crippen LogP contribution < -0.4 is 20.1 Å². The van der Waals surface area contributed by atoms with Gasteiger partial charge < -0.3 is 20.1 Å². The Kier molecular flexibility index (Phi) is 7.57. The Morgan fingerprint density at radius 1 is 1.06 bits per heavy atom. The first kappa shape index (κ1) is 24.2. The average molecular weight is 492 g/mol. The molecule has 0 aromatic heterocycles. The lowest BCUT2D eigenvalue weighted by molar-refractivity contribution is -0.384. The summed E-state index contributed by atoms with van der Waals surface area (Å²) >= 11 is 1.42. The first-order valence-corrected chi connectivity index (χ1v) is 11.9. The van der Waals surface area contributed by atoms with Crippen LogP contribution in [0.2, 0.25) is 0 Å². The van der Waals surface area contributed by atoms with Crippen molar-refractivity contribution in [2.45, 2.75) is 25.4 Å². The number of nitro groups is 1. The minimum absolute atomic E-state index is 0.0318. The Hall–Kier alpha value is -3.98. The first-order valence-electron chi connectivity index (χ1n) is 11.0. The van der Waals surface area contributed by atoms with E-state index in [-0.39, 0.29) is 23.7 Å². The number of rotatable bonds is 9. The second-order valence-corrected chi connectivity index (χ2v) is 8.94. The third kappa shape index (κ3) is 6.13. The fraction of sp³-hybridized carbons (Fsp3) is 0.192. The Labute approximate surface area is 207 Å². The van der Waals surface area contributed by atoms with Crippen LogP contribution in [0.25, 0.3) is 6.08 Å². The van der Waals surface area contributed by atoms with Crippen molar-refractivity contribution in [2.75, 3.05) is 12.4 Å². The van der Waals surface area contributed by atoms with Crippen molar-refractivity contribution in [3.63, 3.8) is 0 Å². The van der Waals surface area contributed by atoms with E-state index in [1.54, 1.807) is 31.4 Å². The normalized spacial score (nSPS) is 16.1. The maximum Gasteiger partial charge on any atom is 0.269 e. The highest BCUT2D eigenvalue weighted by molar-refractivity contribution is 8.05. The summed E-state index contributed by atoms with van der Waals surface area (Å²) in [6.45, 7) is 2.35. The van der Waals surface area contributed by atoms with Crippen LogP contribution in [0.4, 0.5) is 11.4 Å². The standard InChI is InChI=1S/C26H25N3O5S/c1-3-17-4-9-20(10-5-17)27-26-28-25(30)24(35-26)15-19-8-13-22(23(14-19)33-2)34-16-18-6-11-21(12-7-18)29(31)32/h4-15,26-27H,3,16H2,1-2H3,(H,28,30)/b24-15-/t26-/m0/s1. The van der Waals surface area contributed by atoms with E-state index in [0.29, 0.717) is 16.4 Å². The number of methoxy groups -OCH3 is 1. The number of hydrogen-bond donors (Lipinski definition) is 2. The molecule has 0 radical (unpaired) electrons. The van der Waals surface area contributed by atoms with E-state index in [1.165, 1.54) is 29.5 Å². The van der Waals surface area contributed by atoms with Crippen LogP contribution in [-0.2, 0) is 17.8 Å². The second-order valence-electron chi connectivity index (χ2n) is 7.80. The largest absolute Gasteiger partial charge is 0.493 e. The number of anilines is 1.